The Bertz CT molecular complexity index is 448. The van der Waals surface area contributed by atoms with Crippen LogP contribution >= 0.6 is 0 Å². The number of carbonyl (C=O) groups excluding carboxylic acids is 2. The van der Waals surface area contributed by atoms with Crippen molar-refractivity contribution < 1.29 is 23.1 Å². The maximum atomic E-state index is 12.9. The van der Waals surface area contributed by atoms with Gasteiger partial charge in [0, 0.05) is 5.56 Å². The first-order valence-corrected chi connectivity index (χ1v) is 4.77. The van der Waals surface area contributed by atoms with Crippen molar-refractivity contribution in [1.82, 2.24) is 0 Å². The van der Waals surface area contributed by atoms with E-state index in [0.29, 0.717) is 0 Å². The molecule has 1 rings (SSSR count). The van der Waals surface area contributed by atoms with E-state index in [1.807, 2.05) is 0 Å². The van der Waals surface area contributed by atoms with Crippen molar-refractivity contribution in [3.63, 3.8) is 0 Å². The zero-order chi connectivity index (χ0) is 13.0. The molecule has 0 spiro atoms. The van der Waals surface area contributed by atoms with Crippen LogP contribution in [0.15, 0.2) is 18.2 Å². The van der Waals surface area contributed by atoms with Gasteiger partial charge in [-0.3, -0.25) is 9.59 Å². The topological polar surface area (TPSA) is 69.4 Å². The van der Waals surface area contributed by atoms with Crippen molar-refractivity contribution >= 4 is 11.8 Å². The summed E-state index contributed by atoms with van der Waals surface area (Å²) in [5.41, 5.74) is 5.36. The number of Topliss-reactive ketones (excluding diaryl/α,β-unsaturated/α-hetero) is 1. The van der Waals surface area contributed by atoms with Gasteiger partial charge in [-0.1, -0.05) is 0 Å². The molecule has 0 saturated heterocycles. The molecule has 4 nitrogen and oxygen atoms in total. The van der Waals surface area contributed by atoms with Crippen molar-refractivity contribution in [2.24, 2.45) is 5.73 Å². The number of esters is 1. The normalized spacial score (nSPS) is 12.0. The summed E-state index contributed by atoms with van der Waals surface area (Å²) in [6.45, 7) is 0. The summed E-state index contributed by atoms with van der Waals surface area (Å²) >= 11 is 0. The SMILES string of the molecule is COC(=O)CC(N)C(=O)c1ccc(F)c(F)c1. The molecule has 1 aromatic rings. The Hall–Kier alpha value is -1.82. The van der Waals surface area contributed by atoms with Gasteiger partial charge in [0.05, 0.1) is 19.6 Å². The van der Waals surface area contributed by atoms with E-state index >= 15 is 0 Å². The van der Waals surface area contributed by atoms with Crippen LogP contribution in [0.25, 0.3) is 0 Å². The number of nitrogens with two attached hydrogens (primary N) is 1. The number of hydrogen-bond acceptors (Lipinski definition) is 4. The van der Waals surface area contributed by atoms with Gasteiger partial charge in [-0.05, 0) is 18.2 Å². The van der Waals surface area contributed by atoms with Gasteiger partial charge in [-0.25, -0.2) is 8.78 Å². The van der Waals surface area contributed by atoms with Gasteiger partial charge in [0.2, 0.25) is 0 Å². The first-order chi connectivity index (χ1) is 7.95. The average Bonchev–Trinajstić information content (AvgIpc) is 2.31. The molecular formula is C11H11F2NO3. The van der Waals surface area contributed by atoms with Gasteiger partial charge in [-0.2, -0.15) is 0 Å². The summed E-state index contributed by atoms with van der Waals surface area (Å²) < 4.78 is 29.9. The second kappa shape index (κ2) is 5.49. The monoisotopic (exact) mass is 243 g/mol. The van der Waals surface area contributed by atoms with Crippen LogP contribution in [0, 0.1) is 11.6 Å². The second-order valence-electron chi connectivity index (χ2n) is 3.38. The lowest BCUT2D eigenvalue weighted by molar-refractivity contribution is -0.140. The van der Waals surface area contributed by atoms with Gasteiger partial charge in [0.25, 0.3) is 0 Å². The first kappa shape index (κ1) is 13.2. The van der Waals surface area contributed by atoms with Crippen molar-refractivity contribution in [2.45, 2.75) is 12.5 Å². The molecule has 0 saturated carbocycles. The summed E-state index contributed by atoms with van der Waals surface area (Å²) in [6, 6.07) is 1.55. The van der Waals surface area contributed by atoms with Crippen LogP contribution in [-0.4, -0.2) is 24.9 Å². The maximum Gasteiger partial charge on any atom is 0.307 e. The predicted molar refractivity (Wildman–Crippen MR) is 55.3 cm³/mol. The van der Waals surface area contributed by atoms with E-state index in [0.717, 1.165) is 25.3 Å². The highest BCUT2D eigenvalue weighted by Crippen LogP contribution is 2.11. The number of halogens is 2. The Morgan fingerprint density at radius 3 is 2.53 bits per heavy atom. The average molecular weight is 243 g/mol. The van der Waals surface area contributed by atoms with Crippen LogP contribution in [0.2, 0.25) is 0 Å². The minimum Gasteiger partial charge on any atom is -0.469 e. The van der Waals surface area contributed by atoms with Crippen molar-refractivity contribution in [3.8, 4) is 0 Å². The highest BCUT2D eigenvalue weighted by molar-refractivity contribution is 6.01. The molecule has 0 bridgehead atoms. The molecule has 1 atom stereocenters. The second-order valence-corrected chi connectivity index (χ2v) is 3.38. The lowest BCUT2D eigenvalue weighted by Crippen LogP contribution is -2.33. The largest absolute Gasteiger partial charge is 0.469 e. The summed E-state index contributed by atoms with van der Waals surface area (Å²) in [7, 11) is 1.16. The van der Waals surface area contributed by atoms with Crippen molar-refractivity contribution in [3.05, 3.63) is 35.4 Å². The Balaban J connectivity index is 2.81. The summed E-state index contributed by atoms with van der Waals surface area (Å²) in [5, 5.41) is 0. The van der Waals surface area contributed by atoms with E-state index < -0.39 is 29.4 Å². The highest BCUT2D eigenvalue weighted by atomic mass is 19.2. The van der Waals surface area contributed by atoms with Gasteiger partial charge < -0.3 is 10.5 Å². The molecule has 0 heterocycles. The molecule has 0 aliphatic carbocycles. The molecule has 1 unspecified atom stereocenters. The van der Waals surface area contributed by atoms with E-state index in [2.05, 4.69) is 4.74 Å². The van der Waals surface area contributed by atoms with Crippen LogP contribution in [0.5, 0.6) is 0 Å². The van der Waals surface area contributed by atoms with Gasteiger partial charge in [0.1, 0.15) is 0 Å². The molecule has 0 aliphatic rings. The number of hydrogen-bond donors (Lipinski definition) is 1. The summed E-state index contributed by atoms with van der Waals surface area (Å²) in [6.07, 6.45) is -0.311. The quantitative estimate of drug-likeness (QED) is 0.633. The molecule has 1 aromatic carbocycles. The first-order valence-electron chi connectivity index (χ1n) is 4.77. The number of ether oxygens (including phenoxy) is 1. The highest BCUT2D eigenvalue weighted by Gasteiger charge is 2.20. The Kier molecular flexibility index (Phi) is 4.28. The molecule has 2 N–H and O–H groups in total. The molecule has 17 heavy (non-hydrogen) atoms. The third kappa shape index (κ3) is 3.32. The third-order valence-corrected chi connectivity index (χ3v) is 2.16. The minimum absolute atomic E-state index is 0.0831. The third-order valence-electron chi connectivity index (χ3n) is 2.16. The summed E-state index contributed by atoms with van der Waals surface area (Å²) in [4.78, 5) is 22.5. The molecule has 0 aliphatic heterocycles. The van der Waals surface area contributed by atoms with E-state index in [4.69, 9.17) is 5.73 Å². The standard InChI is InChI=1S/C11H11F2NO3/c1-17-10(15)5-9(14)11(16)6-2-3-7(12)8(13)4-6/h2-4,9H,5,14H2,1H3. The van der Waals surface area contributed by atoms with E-state index in [9.17, 15) is 18.4 Å². The lowest BCUT2D eigenvalue weighted by Gasteiger charge is -2.09. The molecule has 0 amide bonds. The van der Waals surface area contributed by atoms with Crippen LogP contribution in [0.4, 0.5) is 8.78 Å². The number of ketones is 1. The predicted octanol–water partition coefficient (Wildman–Crippen LogP) is 1.04. The molecule has 0 aromatic heterocycles. The van der Waals surface area contributed by atoms with Crippen molar-refractivity contribution in [1.29, 1.82) is 0 Å². The molecule has 6 heteroatoms. The Morgan fingerprint density at radius 1 is 1.35 bits per heavy atom. The van der Waals surface area contributed by atoms with E-state index in [1.54, 1.807) is 0 Å². The van der Waals surface area contributed by atoms with Gasteiger partial charge in [0.15, 0.2) is 17.4 Å². The maximum absolute atomic E-state index is 12.9. The fraction of sp³-hybridized carbons (Fsp3) is 0.273. The van der Waals surface area contributed by atoms with Gasteiger partial charge in [-0.15, -0.1) is 0 Å². The molecule has 0 fully saturated rings. The number of benzene rings is 1. The number of methoxy groups -OCH3 is 1. The van der Waals surface area contributed by atoms with E-state index in [1.165, 1.54) is 0 Å². The molecule has 0 radical (unpaired) electrons. The molecular weight excluding hydrogens is 232 g/mol. The zero-order valence-electron chi connectivity index (χ0n) is 9.07. The molecule has 92 valence electrons. The van der Waals surface area contributed by atoms with Crippen LogP contribution in [0.1, 0.15) is 16.8 Å². The van der Waals surface area contributed by atoms with E-state index in [-0.39, 0.29) is 12.0 Å². The zero-order valence-corrected chi connectivity index (χ0v) is 9.07. The summed E-state index contributed by atoms with van der Waals surface area (Å²) in [5.74, 6) is -3.48. The Morgan fingerprint density at radius 2 is 2.00 bits per heavy atom. The fourth-order valence-electron chi connectivity index (χ4n) is 1.22. The number of carbonyl (C=O) groups is 2. The van der Waals surface area contributed by atoms with Crippen LogP contribution in [-0.2, 0) is 9.53 Å². The lowest BCUT2D eigenvalue weighted by atomic mass is 10.0. The Labute approximate surface area is 96.4 Å². The van der Waals surface area contributed by atoms with Crippen molar-refractivity contribution in [2.75, 3.05) is 7.11 Å². The minimum atomic E-state index is -1.14. The van der Waals surface area contributed by atoms with Gasteiger partial charge >= 0.3 is 5.97 Å². The smallest absolute Gasteiger partial charge is 0.307 e. The van der Waals surface area contributed by atoms with Crippen LogP contribution < -0.4 is 5.73 Å². The number of rotatable bonds is 4. The van der Waals surface area contributed by atoms with Crippen LogP contribution in [0.3, 0.4) is 0 Å². The fourth-order valence-corrected chi connectivity index (χ4v) is 1.22.